The number of halogens is 3. The van der Waals surface area contributed by atoms with Crippen LogP contribution in [0.4, 0.5) is 18.9 Å². The molecule has 1 aromatic heterocycles. The van der Waals surface area contributed by atoms with Crippen molar-refractivity contribution in [3.05, 3.63) is 70.7 Å². The number of nitrogens with one attached hydrogen (secondary N) is 1. The molecule has 0 radical (unpaired) electrons. The van der Waals surface area contributed by atoms with E-state index in [1.807, 2.05) is 5.38 Å². The van der Waals surface area contributed by atoms with Gasteiger partial charge in [-0.3, -0.25) is 9.59 Å². The van der Waals surface area contributed by atoms with E-state index in [4.69, 9.17) is 4.74 Å². The Hall–Kier alpha value is -3.60. The van der Waals surface area contributed by atoms with Gasteiger partial charge in [0, 0.05) is 23.7 Å². The van der Waals surface area contributed by atoms with Crippen molar-refractivity contribution in [2.75, 3.05) is 18.9 Å². The van der Waals surface area contributed by atoms with Gasteiger partial charge in [0.25, 0.3) is 5.91 Å². The maximum absolute atomic E-state index is 12.5. The molecule has 0 aliphatic heterocycles. The van der Waals surface area contributed by atoms with Crippen molar-refractivity contribution >= 4 is 28.8 Å². The number of nitrogens with zero attached hydrogens (tertiary/aromatic N) is 2. The Labute approximate surface area is 185 Å². The molecule has 0 fully saturated rings. The summed E-state index contributed by atoms with van der Waals surface area (Å²) < 4.78 is 45.9. The number of hydrogen-bond donors (Lipinski definition) is 1. The Bertz CT molecular complexity index is 1040. The van der Waals surface area contributed by atoms with Gasteiger partial charge in [-0.15, -0.1) is 24.5 Å². The summed E-state index contributed by atoms with van der Waals surface area (Å²) in [6.45, 7) is 0.0713. The monoisotopic (exact) mass is 465 g/mol. The predicted molar refractivity (Wildman–Crippen MR) is 112 cm³/mol. The number of ether oxygens (including phenoxy) is 2. The van der Waals surface area contributed by atoms with Crippen LogP contribution in [-0.4, -0.2) is 41.7 Å². The molecule has 0 saturated heterocycles. The third kappa shape index (κ3) is 6.98. The lowest BCUT2D eigenvalue weighted by atomic mass is 10.2. The Balaban J connectivity index is 1.49. The Morgan fingerprint density at radius 3 is 2.31 bits per heavy atom. The number of amides is 2. The van der Waals surface area contributed by atoms with Crippen molar-refractivity contribution in [1.82, 2.24) is 9.88 Å². The standard InChI is InChI=1S/C21H18F3N3O4S/c1-27(10-19(28)26-15-4-8-18(9-5-15)31-21(22,23)24)20(29)14-2-6-17(7-3-14)30-11-16-12-32-13-25-16/h2-9,12-13H,10-11H2,1H3,(H,26,28). The molecule has 3 rings (SSSR count). The van der Waals surface area contributed by atoms with Crippen LogP contribution in [0, 0.1) is 0 Å². The van der Waals surface area contributed by atoms with Gasteiger partial charge in [0.15, 0.2) is 0 Å². The Kier molecular flexibility index (Phi) is 7.31. The number of likely N-dealkylation sites (N-methyl/N-ethyl adjacent to an activating group) is 1. The molecular weight excluding hydrogens is 447 g/mol. The van der Waals surface area contributed by atoms with E-state index in [0.29, 0.717) is 17.9 Å². The first-order chi connectivity index (χ1) is 15.2. The summed E-state index contributed by atoms with van der Waals surface area (Å²) in [6.07, 6.45) is -4.79. The highest BCUT2D eigenvalue weighted by molar-refractivity contribution is 7.07. The summed E-state index contributed by atoms with van der Waals surface area (Å²) in [6, 6.07) is 11.2. The third-order valence-corrected chi connectivity index (χ3v) is 4.71. The number of hydrogen-bond acceptors (Lipinski definition) is 6. The van der Waals surface area contributed by atoms with Gasteiger partial charge in [0.05, 0.1) is 17.7 Å². The van der Waals surface area contributed by atoms with Crippen molar-refractivity contribution in [3.8, 4) is 11.5 Å². The van der Waals surface area contributed by atoms with Gasteiger partial charge in [-0.2, -0.15) is 0 Å². The van der Waals surface area contributed by atoms with E-state index in [1.165, 1.54) is 35.4 Å². The average molecular weight is 465 g/mol. The van der Waals surface area contributed by atoms with Crippen LogP contribution in [0.3, 0.4) is 0 Å². The van der Waals surface area contributed by atoms with E-state index in [0.717, 1.165) is 17.8 Å². The zero-order valence-corrected chi connectivity index (χ0v) is 17.6. The van der Waals surface area contributed by atoms with Crippen LogP contribution in [0.1, 0.15) is 16.1 Å². The highest BCUT2D eigenvalue weighted by Crippen LogP contribution is 2.24. The first-order valence-electron chi connectivity index (χ1n) is 9.21. The molecule has 11 heteroatoms. The summed E-state index contributed by atoms with van der Waals surface area (Å²) in [5.74, 6) is -0.705. The van der Waals surface area contributed by atoms with Gasteiger partial charge in [0.2, 0.25) is 5.91 Å². The maximum atomic E-state index is 12.5. The molecule has 0 saturated carbocycles. The van der Waals surface area contributed by atoms with Crippen LogP contribution in [0.5, 0.6) is 11.5 Å². The number of rotatable bonds is 8. The van der Waals surface area contributed by atoms with Crippen molar-refractivity contribution in [2.24, 2.45) is 0 Å². The van der Waals surface area contributed by atoms with Crippen molar-refractivity contribution in [1.29, 1.82) is 0 Å². The molecule has 1 N–H and O–H groups in total. The Morgan fingerprint density at radius 2 is 1.72 bits per heavy atom. The molecule has 0 aliphatic carbocycles. The summed E-state index contributed by atoms with van der Waals surface area (Å²) in [5, 5.41) is 4.39. The van der Waals surface area contributed by atoms with Crippen molar-refractivity contribution in [2.45, 2.75) is 13.0 Å². The van der Waals surface area contributed by atoms with Crippen molar-refractivity contribution < 1.29 is 32.2 Å². The van der Waals surface area contributed by atoms with E-state index >= 15 is 0 Å². The molecule has 2 aromatic carbocycles. The number of carbonyl (C=O) groups is 2. The molecule has 0 aliphatic rings. The molecular formula is C21H18F3N3O4S. The predicted octanol–water partition coefficient (Wildman–Crippen LogP) is 4.33. The number of carbonyl (C=O) groups excluding carboxylic acids is 2. The normalized spacial score (nSPS) is 11.0. The lowest BCUT2D eigenvalue weighted by molar-refractivity contribution is -0.274. The average Bonchev–Trinajstić information content (AvgIpc) is 3.26. The topological polar surface area (TPSA) is 80.8 Å². The fraction of sp³-hybridized carbons (Fsp3) is 0.190. The minimum Gasteiger partial charge on any atom is -0.487 e. The molecule has 168 valence electrons. The molecule has 0 unspecified atom stereocenters. The first-order valence-corrected chi connectivity index (χ1v) is 10.1. The lowest BCUT2D eigenvalue weighted by Gasteiger charge is -2.17. The zero-order chi connectivity index (χ0) is 23.1. The minimum atomic E-state index is -4.79. The SMILES string of the molecule is CN(CC(=O)Nc1ccc(OC(F)(F)F)cc1)C(=O)c1ccc(OCc2cscn2)cc1. The fourth-order valence-electron chi connectivity index (χ4n) is 2.61. The second kappa shape index (κ2) is 10.1. The minimum absolute atomic E-state index is 0.248. The van der Waals surface area contributed by atoms with Gasteiger partial charge in [0.1, 0.15) is 18.1 Å². The largest absolute Gasteiger partial charge is 0.573 e. The first kappa shape index (κ1) is 23.1. The molecule has 0 atom stereocenters. The van der Waals surface area contributed by atoms with E-state index in [9.17, 15) is 22.8 Å². The van der Waals surface area contributed by atoms with Crippen LogP contribution in [-0.2, 0) is 11.4 Å². The summed E-state index contributed by atoms with van der Waals surface area (Å²) in [4.78, 5) is 30.1. The summed E-state index contributed by atoms with van der Waals surface area (Å²) in [7, 11) is 1.47. The second-order valence-corrected chi connectivity index (χ2v) is 7.29. The van der Waals surface area contributed by atoms with Crippen LogP contribution < -0.4 is 14.8 Å². The van der Waals surface area contributed by atoms with Crippen LogP contribution in [0.2, 0.25) is 0 Å². The molecule has 1 heterocycles. The maximum Gasteiger partial charge on any atom is 0.573 e. The van der Waals surface area contributed by atoms with Crippen LogP contribution in [0.25, 0.3) is 0 Å². The van der Waals surface area contributed by atoms with Crippen molar-refractivity contribution in [3.63, 3.8) is 0 Å². The smallest absolute Gasteiger partial charge is 0.487 e. The molecule has 2 amide bonds. The summed E-state index contributed by atoms with van der Waals surface area (Å²) in [5.41, 5.74) is 3.16. The highest BCUT2D eigenvalue weighted by atomic mass is 32.1. The molecule has 0 spiro atoms. The third-order valence-electron chi connectivity index (χ3n) is 4.07. The van der Waals surface area contributed by atoms with E-state index in [-0.39, 0.29) is 18.1 Å². The van der Waals surface area contributed by atoms with Gasteiger partial charge in [-0.05, 0) is 48.5 Å². The van der Waals surface area contributed by atoms with E-state index in [2.05, 4.69) is 15.0 Å². The molecule has 0 bridgehead atoms. The fourth-order valence-corrected chi connectivity index (χ4v) is 3.15. The van der Waals surface area contributed by atoms with E-state index < -0.39 is 18.0 Å². The van der Waals surface area contributed by atoms with Crippen LogP contribution in [0.15, 0.2) is 59.4 Å². The second-order valence-electron chi connectivity index (χ2n) is 6.57. The number of benzene rings is 2. The molecule has 32 heavy (non-hydrogen) atoms. The van der Waals surface area contributed by atoms with Crippen LogP contribution >= 0.6 is 11.3 Å². The Morgan fingerprint density at radius 1 is 1.06 bits per heavy atom. The lowest BCUT2D eigenvalue weighted by Crippen LogP contribution is -2.34. The van der Waals surface area contributed by atoms with Gasteiger partial charge in [-0.25, -0.2) is 4.98 Å². The number of alkyl halides is 3. The summed E-state index contributed by atoms with van der Waals surface area (Å²) >= 11 is 1.47. The number of thiazole rings is 1. The molecule has 3 aromatic rings. The quantitative estimate of drug-likeness (QED) is 0.536. The number of aromatic nitrogens is 1. The number of anilines is 1. The molecule has 7 nitrogen and oxygen atoms in total. The van der Waals surface area contributed by atoms with Gasteiger partial charge >= 0.3 is 6.36 Å². The van der Waals surface area contributed by atoms with E-state index in [1.54, 1.807) is 29.8 Å². The highest BCUT2D eigenvalue weighted by Gasteiger charge is 2.31. The van der Waals surface area contributed by atoms with Gasteiger partial charge in [-0.1, -0.05) is 0 Å². The zero-order valence-electron chi connectivity index (χ0n) is 16.8. The van der Waals surface area contributed by atoms with Gasteiger partial charge < -0.3 is 19.7 Å².